The summed E-state index contributed by atoms with van der Waals surface area (Å²) < 4.78 is 0. The number of aryl methyl sites for hydroxylation is 1. The molecule has 3 N–H and O–H groups in total. The lowest BCUT2D eigenvalue weighted by atomic mass is 9.87. The van der Waals surface area contributed by atoms with Crippen molar-refractivity contribution in [2.75, 3.05) is 26.2 Å². The number of aromatic hydroxyl groups is 1. The number of aromatic nitrogens is 2. The normalized spacial score (nSPS) is 20.2. The molecule has 3 aromatic rings. The van der Waals surface area contributed by atoms with Crippen LogP contribution in [0.3, 0.4) is 0 Å². The average molecular weight is 485 g/mol. The number of nitrogens with zero attached hydrogens (tertiary/aromatic N) is 2. The molecule has 36 heavy (non-hydrogen) atoms. The van der Waals surface area contributed by atoms with E-state index in [1.165, 1.54) is 18.4 Å². The third-order valence-electron chi connectivity index (χ3n) is 8.29. The first-order chi connectivity index (χ1) is 17.6. The van der Waals surface area contributed by atoms with E-state index in [-0.39, 0.29) is 11.3 Å². The number of hydrogen-bond donors (Lipinski definition) is 3. The first-order valence-corrected chi connectivity index (χ1v) is 13.6. The summed E-state index contributed by atoms with van der Waals surface area (Å²) in [5.74, 6) is 1.39. The Morgan fingerprint density at radius 3 is 2.72 bits per heavy atom. The molecule has 3 fully saturated rings. The van der Waals surface area contributed by atoms with Crippen LogP contribution in [0.5, 0.6) is 5.75 Å². The fourth-order valence-corrected chi connectivity index (χ4v) is 6.02. The van der Waals surface area contributed by atoms with Gasteiger partial charge in [-0.2, -0.15) is 0 Å². The zero-order chi connectivity index (χ0) is 24.6. The highest BCUT2D eigenvalue weighted by molar-refractivity contribution is 5.87. The molecule has 1 saturated carbocycles. The quantitative estimate of drug-likeness (QED) is 0.431. The van der Waals surface area contributed by atoms with Gasteiger partial charge in [0.2, 0.25) is 0 Å². The molecule has 2 saturated heterocycles. The van der Waals surface area contributed by atoms with Gasteiger partial charge < -0.3 is 20.3 Å². The van der Waals surface area contributed by atoms with Crippen LogP contribution in [0.4, 0.5) is 0 Å². The van der Waals surface area contributed by atoms with E-state index in [4.69, 9.17) is 4.98 Å². The molecule has 0 bridgehead atoms. The summed E-state index contributed by atoms with van der Waals surface area (Å²) in [6, 6.07) is 9.95. The van der Waals surface area contributed by atoms with Crippen LogP contribution in [-0.4, -0.2) is 46.2 Å². The van der Waals surface area contributed by atoms with Crippen molar-refractivity contribution in [3.05, 3.63) is 64.0 Å². The molecular weight excluding hydrogens is 448 g/mol. The molecule has 1 aliphatic carbocycles. The zero-order valence-corrected chi connectivity index (χ0v) is 21.0. The maximum absolute atomic E-state index is 13.2. The predicted molar refractivity (Wildman–Crippen MR) is 145 cm³/mol. The summed E-state index contributed by atoms with van der Waals surface area (Å²) in [5.41, 5.74) is 5.74. The number of piperidine rings is 1. The van der Waals surface area contributed by atoms with Crippen molar-refractivity contribution in [3.8, 4) is 17.0 Å². The van der Waals surface area contributed by atoms with Crippen molar-refractivity contribution < 1.29 is 5.11 Å². The zero-order valence-electron chi connectivity index (χ0n) is 21.0. The molecule has 1 atom stereocenters. The standard InChI is InChI=1S/C30H36N4O2/c1-19(34-14-2-3-15-34)23-16-25-24(22-7-5-13-31-18-22)17-26(32-29(25)33-30(23)36)28-21(6-4-8-27(28)35)12-11-20-9-10-20/h4,6,8,16-17,20,22,31,35H,1-3,5,7,9-15,18H2,(H,32,33,36). The molecule has 1 unspecified atom stereocenters. The highest BCUT2D eigenvalue weighted by atomic mass is 16.3. The fraction of sp³-hybridized carbons (Fsp3) is 0.467. The monoisotopic (exact) mass is 484 g/mol. The van der Waals surface area contributed by atoms with E-state index in [2.05, 4.69) is 33.9 Å². The van der Waals surface area contributed by atoms with E-state index in [0.717, 1.165) is 98.5 Å². The van der Waals surface area contributed by atoms with Crippen LogP contribution >= 0.6 is 0 Å². The molecule has 2 aliphatic heterocycles. The van der Waals surface area contributed by atoms with Gasteiger partial charge in [0.15, 0.2) is 0 Å². The largest absolute Gasteiger partial charge is 0.507 e. The number of aromatic amines is 1. The Labute approximate surface area is 212 Å². The Kier molecular flexibility index (Phi) is 6.30. The first-order valence-electron chi connectivity index (χ1n) is 13.6. The summed E-state index contributed by atoms with van der Waals surface area (Å²) in [7, 11) is 0. The Morgan fingerprint density at radius 1 is 1.14 bits per heavy atom. The smallest absolute Gasteiger partial charge is 0.258 e. The lowest BCUT2D eigenvalue weighted by Gasteiger charge is -2.26. The molecule has 188 valence electrons. The van der Waals surface area contributed by atoms with Crippen molar-refractivity contribution in [1.29, 1.82) is 0 Å². The molecule has 2 aromatic heterocycles. The van der Waals surface area contributed by atoms with Gasteiger partial charge in [-0.3, -0.25) is 4.79 Å². The number of phenolic OH excluding ortho intramolecular Hbond substituents is 1. The Bertz CT molecular complexity index is 1350. The number of benzene rings is 1. The van der Waals surface area contributed by atoms with Crippen molar-refractivity contribution in [3.63, 3.8) is 0 Å². The summed E-state index contributed by atoms with van der Waals surface area (Å²) in [4.78, 5) is 23.5. The molecule has 1 aromatic carbocycles. The molecule has 0 radical (unpaired) electrons. The van der Waals surface area contributed by atoms with Crippen molar-refractivity contribution in [2.45, 2.75) is 57.3 Å². The molecule has 6 rings (SSSR count). The van der Waals surface area contributed by atoms with Gasteiger partial charge >= 0.3 is 0 Å². The second-order valence-electron chi connectivity index (χ2n) is 10.8. The highest BCUT2D eigenvalue weighted by Crippen LogP contribution is 2.39. The van der Waals surface area contributed by atoms with Crippen molar-refractivity contribution >= 4 is 16.7 Å². The van der Waals surface area contributed by atoms with E-state index in [0.29, 0.717) is 17.1 Å². The van der Waals surface area contributed by atoms with Gasteiger partial charge in [0.05, 0.1) is 11.3 Å². The molecule has 4 heterocycles. The van der Waals surface area contributed by atoms with Gasteiger partial charge in [0.25, 0.3) is 5.56 Å². The average Bonchev–Trinajstić information content (AvgIpc) is 3.56. The SMILES string of the molecule is C=C(c1cc2c(C3CCCNC3)cc(-c3c(O)cccc3CCC3CC3)nc2[nH]c1=O)N1CCCC1. The third-order valence-corrected chi connectivity index (χ3v) is 8.29. The molecule has 0 spiro atoms. The molecular formula is C30H36N4O2. The van der Waals surface area contributed by atoms with Crippen LogP contribution in [-0.2, 0) is 6.42 Å². The minimum atomic E-state index is -0.150. The van der Waals surface area contributed by atoms with Gasteiger partial charge in [-0.25, -0.2) is 4.98 Å². The van der Waals surface area contributed by atoms with Gasteiger partial charge in [0, 0.05) is 36.3 Å². The van der Waals surface area contributed by atoms with Crippen LogP contribution in [0.1, 0.15) is 67.6 Å². The van der Waals surface area contributed by atoms with E-state index in [9.17, 15) is 9.90 Å². The number of rotatable bonds is 7. The van der Waals surface area contributed by atoms with Gasteiger partial charge in [0.1, 0.15) is 11.4 Å². The maximum Gasteiger partial charge on any atom is 0.258 e. The van der Waals surface area contributed by atoms with Crippen molar-refractivity contribution in [2.24, 2.45) is 5.92 Å². The highest BCUT2D eigenvalue weighted by Gasteiger charge is 2.25. The number of phenols is 1. The number of likely N-dealkylation sites (tertiary alicyclic amines) is 1. The Hall–Kier alpha value is -3.12. The van der Waals surface area contributed by atoms with E-state index in [1.54, 1.807) is 6.07 Å². The second kappa shape index (κ2) is 9.74. The number of nitrogens with one attached hydrogen (secondary N) is 2. The van der Waals surface area contributed by atoms with Crippen LogP contribution in [0, 0.1) is 5.92 Å². The lowest BCUT2D eigenvalue weighted by molar-refractivity contribution is 0.463. The lowest BCUT2D eigenvalue weighted by Crippen LogP contribution is -2.29. The number of fused-ring (bicyclic) bond motifs is 1. The summed E-state index contributed by atoms with van der Waals surface area (Å²) in [6.45, 7) is 8.11. The van der Waals surface area contributed by atoms with Crippen LogP contribution < -0.4 is 10.9 Å². The minimum Gasteiger partial charge on any atom is -0.507 e. The first kappa shape index (κ1) is 23.3. The van der Waals surface area contributed by atoms with E-state index >= 15 is 0 Å². The second-order valence-corrected chi connectivity index (χ2v) is 10.8. The Morgan fingerprint density at radius 2 is 1.97 bits per heavy atom. The summed E-state index contributed by atoms with van der Waals surface area (Å²) >= 11 is 0. The van der Waals surface area contributed by atoms with Crippen LogP contribution in [0.25, 0.3) is 28.0 Å². The fourth-order valence-electron chi connectivity index (χ4n) is 6.02. The topological polar surface area (TPSA) is 81.2 Å². The molecule has 0 amide bonds. The van der Waals surface area contributed by atoms with Crippen LogP contribution in [0.2, 0.25) is 0 Å². The van der Waals surface area contributed by atoms with Gasteiger partial charge in [-0.15, -0.1) is 0 Å². The van der Waals surface area contributed by atoms with Gasteiger partial charge in [-0.1, -0.05) is 31.6 Å². The van der Waals surface area contributed by atoms with Gasteiger partial charge in [-0.05, 0) is 86.2 Å². The molecule has 6 heteroatoms. The maximum atomic E-state index is 13.2. The van der Waals surface area contributed by atoms with E-state index < -0.39 is 0 Å². The minimum absolute atomic E-state index is 0.150. The summed E-state index contributed by atoms with van der Waals surface area (Å²) in [6.07, 6.45) is 9.17. The third kappa shape index (κ3) is 4.55. The number of hydrogen-bond acceptors (Lipinski definition) is 5. The number of pyridine rings is 2. The van der Waals surface area contributed by atoms with Crippen LogP contribution in [0.15, 0.2) is 41.7 Å². The Balaban J connectivity index is 1.49. The number of H-pyrrole nitrogens is 1. The predicted octanol–water partition coefficient (Wildman–Crippen LogP) is 5.17. The van der Waals surface area contributed by atoms with Crippen molar-refractivity contribution in [1.82, 2.24) is 20.2 Å². The van der Waals surface area contributed by atoms with E-state index in [1.807, 2.05) is 12.1 Å². The molecule has 3 aliphatic rings. The summed E-state index contributed by atoms with van der Waals surface area (Å²) in [5, 5.41) is 15.5. The molecule has 6 nitrogen and oxygen atoms in total.